The van der Waals surface area contributed by atoms with E-state index in [1.165, 1.54) is 21.6 Å². The summed E-state index contributed by atoms with van der Waals surface area (Å²) in [6.45, 7) is 3.25. The summed E-state index contributed by atoms with van der Waals surface area (Å²) in [6.07, 6.45) is 1.48. The summed E-state index contributed by atoms with van der Waals surface area (Å²) in [7, 11) is 0. The highest BCUT2D eigenvalue weighted by Crippen LogP contribution is 2.21. The van der Waals surface area contributed by atoms with E-state index in [1.54, 1.807) is 13.8 Å². The van der Waals surface area contributed by atoms with Crippen LogP contribution in [-0.2, 0) is 6.67 Å². The number of nitrogens with zero attached hydrogens (tertiary/aromatic N) is 5. The molecule has 0 aliphatic carbocycles. The summed E-state index contributed by atoms with van der Waals surface area (Å²) in [4.78, 5) is 21.1. The van der Waals surface area contributed by atoms with E-state index in [2.05, 4.69) is 10.2 Å². The van der Waals surface area contributed by atoms with Crippen LogP contribution in [0.1, 0.15) is 21.9 Å². The van der Waals surface area contributed by atoms with Crippen molar-refractivity contribution in [1.29, 1.82) is 0 Å². The molecule has 2 aromatic heterocycles. The minimum atomic E-state index is -1.13. The monoisotopic (exact) mass is 265 g/mol. The third kappa shape index (κ3) is 2.30. The number of hydrogen-bond donors (Lipinski definition) is 1. The molecule has 0 radical (unpaired) electrons. The summed E-state index contributed by atoms with van der Waals surface area (Å²) < 4.78 is 2.76. The largest absolute Gasteiger partial charge is 0.476 e. The predicted molar refractivity (Wildman–Crippen MR) is 62.9 cm³/mol. The number of hydrogen-bond acceptors (Lipinski definition) is 5. The number of nitro groups is 1. The van der Waals surface area contributed by atoms with Crippen LogP contribution in [0.4, 0.5) is 5.69 Å². The molecule has 0 bridgehead atoms. The maximum absolute atomic E-state index is 10.9. The van der Waals surface area contributed by atoms with Crippen LogP contribution in [0.2, 0.25) is 0 Å². The Morgan fingerprint density at radius 1 is 1.47 bits per heavy atom. The number of rotatable bonds is 4. The molecule has 0 aliphatic rings. The zero-order valence-electron chi connectivity index (χ0n) is 10.3. The molecule has 0 aromatic carbocycles. The average Bonchev–Trinajstić information content (AvgIpc) is 2.85. The molecule has 2 aromatic rings. The van der Waals surface area contributed by atoms with Gasteiger partial charge in [0.25, 0.3) is 0 Å². The maximum Gasteiger partial charge on any atom is 0.356 e. The van der Waals surface area contributed by atoms with Gasteiger partial charge < -0.3 is 5.11 Å². The van der Waals surface area contributed by atoms with Crippen molar-refractivity contribution in [1.82, 2.24) is 19.6 Å². The molecule has 0 aliphatic heterocycles. The van der Waals surface area contributed by atoms with Crippen LogP contribution >= 0.6 is 0 Å². The van der Waals surface area contributed by atoms with Gasteiger partial charge in [0.1, 0.15) is 18.1 Å². The Hall–Kier alpha value is -2.71. The molecule has 0 spiro atoms. The lowest BCUT2D eigenvalue weighted by Gasteiger charge is -2.03. The summed E-state index contributed by atoms with van der Waals surface area (Å²) in [5.74, 6) is -1.13. The fraction of sp³-hybridized carbons (Fsp3) is 0.300. The molecule has 1 N–H and O–H groups in total. The Morgan fingerprint density at radius 3 is 2.63 bits per heavy atom. The number of carboxylic acids is 1. The molecule has 0 fully saturated rings. The van der Waals surface area contributed by atoms with Crippen molar-refractivity contribution < 1.29 is 14.8 Å². The van der Waals surface area contributed by atoms with E-state index in [9.17, 15) is 14.9 Å². The summed E-state index contributed by atoms with van der Waals surface area (Å²) in [6, 6.07) is 1.35. The van der Waals surface area contributed by atoms with Crippen molar-refractivity contribution in [2.24, 2.45) is 0 Å². The summed E-state index contributed by atoms with van der Waals surface area (Å²) in [5, 5.41) is 27.5. The van der Waals surface area contributed by atoms with Crippen LogP contribution in [0.15, 0.2) is 12.3 Å². The van der Waals surface area contributed by atoms with E-state index in [4.69, 9.17) is 5.11 Å². The lowest BCUT2D eigenvalue weighted by Crippen LogP contribution is -2.12. The number of carbonyl (C=O) groups is 1. The molecule has 0 atom stereocenters. The molecule has 100 valence electrons. The minimum Gasteiger partial charge on any atom is -0.476 e. The first-order valence-corrected chi connectivity index (χ1v) is 5.35. The van der Waals surface area contributed by atoms with Gasteiger partial charge in [0, 0.05) is 6.20 Å². The fourth-order valence-electron chi connectivity index (χ4n) is 1.78. The predicted octanol–water partition coefficient (Wildman–Crippen LogP) is 0.809. The number of aryl methyl sites for hydroxylation is 1. The van der Waals surface area contributed by atoms with Gasteiger partial charge in [-0.3, -0.25) is 14.8 Å². The lowest BCUT2D eigenvalue weighted by atomic mass is 10.3. The Balaban J connectivity index is 2.31. The molecule has 0 amide bonds. The molecule has 9 nitrogen and oxygen atoms in total. The molecular weight excluding hydrogens is 254 g/mol. The van der Waals surface area contributed by atoms with E-state index in [1.807, 2.05) is 0 Å². The maximum atomic E-state index is 10.9. The van der Waals surface area contributed by atoms with Gasteiger partial charge in [-0.15, -0.1) is 0 Å². The van der Waals surface area contributed by atoms with Crippen molar-refractivity contribution in [2.45, 2.75) is 20.5 Å². The SMILES string of the molecule is Cc1nn(Cn2ccc(C(=O)O)n2)c(C)c1[N+](=O)[O-]. The zero-order valence-corrected chi connectivity index (χ0v) is 10.3. The molecular formula is C10H11N5O4. The fourth-order valence-corrected chi connectivity index (χ4v) is 1.78. The van der Waals surface area contributed by atoms with Crippen molar-refractivity contribution in [2.75, 3.05) is 0 Å². The molecule has 2 heterocycles. The van der Waals surface area contributed by atoms with Crippen molar-refractivity contribution in [3.63, 3.8) is 0 Å². The quantitative estimate of drug-likeness (QED) is 0.645. The van der Waals surface area contributed by atoms with Gasteiger partial charge in [-0.1, -0.05) is 0 Å². The van der Waals surface area contributed by atoms with Crippen molar-refractivity contribution in [3.8, 4) is 0 Å². The van der Waals surface area contributed by atoms with Gasteiger partial charge in [-0.05, 0) is 19.9 Å². The van der Waals surface area contributed by atoms with Crippen LogP contribution in [0.25, 0.3) is 0 Å². The van der Waals surface area contributed by atoms with E-state index in [0.29, 0.717) is 11.4 Å². The second-order valence-corrected chi connectivity index (χ2v) is 3.96. The topological polar surface area (TPSA) is 116 Å². The van der Waals surface area contributed by atoms with E-state index in [-0.39, 0.29) is 18.1 Å². The number of carboxylic acid groups (broad SMARTS) is 1. The third-order valence-electron chi connectivity index (χ3n) is 2.66. The van der Waals surface area contributed by atoms with Crippen LogP contribution in [0.3, 0.4) is 0 Å². The van der Waals surface area contributed by atoms with Crippen LogP contribution in [0, 0.1) is 24.0 Å². The van der Waals surface area contributed by atoms with Gasteiger partial charge in [-0.2, -0.15) is 10.2 Å². The second-order valence-electron chi connectivity index (χ2n) is 3.96. The molecule has 0 saturated heterocycles. The molecule has 19 heavy (non-hydrogen) atoms. The van der Waals surface area contributed by atoms with Crippen molar-refractivity contribution >= 4 is 11.7 Å². The Kier molecular flexibility index (Phi) is 3.03. The zero-order chi connectivity index (χ0) is 14.2. The highest BCUT2D eigenvalue weighted by atomic mass is 16.6. The van der Waals surface area contributed by atoms with E-state index < -0.39 is 10.9 Å². The first-order chi connectivity index (χ1) is 8.90. The van der Waals surface area contributed by atoms with Crippen molar-refractivity contribution in [3.05, 3.63) is 39.5 Å². The highest BCUT2D eigenvalue weighted by Gasteiger charge is 2.21. The first-order valence-electron chi connectivity index (χ1n) is 5.35. The standard InChI is InChI=1S/C10H11N5O4/c1-6-9(15(18)19)7(2)14(11-6)5-13-4-3-8(12-13)10(16)17/h3-4H,5H2,1-2H3,(H,16,17). The Bertz CT molecular complexity index is 657. The van der Waals surface area contributed by atoms with Gasteiger partial charge in [0.15, 0.2) is 5.69 Å². The van der Waals surface area contributed by atoms with Crippen LogP contribution in [-0.4, -0.2) is 35.6 Å². The summed E-state index contributed by atoms with van der Waals surface area (Å²) in [5.41, 5.74) is 0.588. The molecule has 0 unspecified atom stereocenters. The second kappa shape index (κ2) is 4.52. The molecule has 9 heteroatoms. The Labute approximate surface area is 107 Å². The van der Waals surface area contributed by atoms with E-state index >= 15 is 0 Å². The van der Waals surface area contributed by atoms with Gasteiger partial charge in [0.05, 0.1) is 4.92 Å². The highest BCUT2D eigenvalue weighted by molar-refractivity contribution is 5.84. The lowest BCUT2D eigenvalue weighted by molar-refractivity contribution is -0.386. The number of aromatic nitrogens is 4. The van der Waals surface area contributed by atoms with Gasteiger partial charge >= 0.3 is 11.7 Å². The first kappa shape index (κ1) is 12.7. The Morgan fingerprint density at radius 2 is 2.16 bits per heavy atom. The minimum absolute atomic E-state index is 0.0365. The van der Waals surface area contributed by atoms with Gasteiger partial charge in [0.2, 0.25) is 0 Å². The van der Waals surface area contributed by atoms with E-state index in [0.717, 1.165) is 0 Å². The van der Waals surface area contributed by atoms with Crippen LogP contribution in [0.5, 0.6) is 0 Å². The normalized spacial score (nSPS) is 10.6. The van der Waals surface area contributed by atoms with Gasteiger partial charge in [-0.25, -0.2) is 9.48 Å². The average molecular weight is 265 g/mol. The third-order valence-corrected chi connectivity index (χ3v) is 2.66. The smallest absolute Gasteiger partial charge is 0.356 e. The van der Waals surface area contributed by atoms with Crippen LogP contribution < -0.4 is 0 Å². The number of aromatic carboxylic acids is 1. The molecule has 0 saturated carbocycles. The summed E-state index contributed by atoms with van der Waals surface area (Å²) >= 11 is 0. The molecule has 2 rings (SSSR count).